The van der Waals surface area contributed by atoms with Crippen LogP contribution in [0.15, 0.2) is 0 Å². The van der Waals surface area contributed by atoms with E-state index in [1.54, 1.807) is 4.31 Å². The zero-order chi connectivity index (χ0) is 15.5. The summed E-state index contributed by atoms with van der Waals surface area (Å²) < 4.78 is 26.9. The third-order valence-corrected chi connectivity index (χ3v) is 6.65. The van der Waals surface area contributed by atoms with Gasteiger partial charge in [-0.05, 0) is 45.7 Å². The molecule has 5 nitrogen and oxygen atoms in total. The van der Waals surface area contributed by atoms with Gasteiger partial charge < -0.3 is 5.32 Å². The SMILES string of the molecule is CC(C)NCCCCS(=O)(=O)N1CC2CCCN2CC1C. The molecule has 0 bridgehead atoms. The number of sulfonamides is 1. The van der Waals surface area contributed by atoms with Gasteiger partial charge in [0.25, 0.3) is 0 Å². The molecular formula is C15H31N3O2S. The Hall–Kier alpha value is -0.170. The lowest BCUT2D eigenvalue weighted by Crippen LogP contribution is -2.57. The van der Waals surface area contributed by atoms with Gasteiger partial charge in [0.2, 0.25) is 10.0 Å². The molecule has 0 aliphatic carbocycles. The average Bonchev–Trinajstić information content (AvgIpc) is 2.83. The summed E-state index contributed by atoms with van der Waals surface area (Å²) in [7, 11) is -3.09. The van der Waals surface area contributed by atoms with Crippen LogP contribution < -0.4 is 5.32 Å². The maximum Gasteiger partial charge on any atom is 0.214 e. The third-order valence-electron chi connectivity index (χ3n) is 4.62. The highest BCUT2D eigenvalue weighted by molar-refractivity contribution is 7.89. The number of nitrogens with zero attached hydrogens (tertiary/aromatic N) is 2. The molecule has 21 heavy (non-hydrogen) atoms. The van der Waals surface area contributed by atoms with Crippen molar-refractivity contribution >= 4 is 10.0 Å². The highest BCUT2D eigenvalue weighted by Crippen LogP contribution is 2.26. The Morgan fingerprint density at radius 2 is 2.00 bits per heavy atom. The first-order valence-corrected chi connectivity index (χ1v) is 9.98. The molecule has 2 aliphatic heterocycles. The van der Waals surface area contributed by atoms with Gasteiger partial charge in [-0.1, -0.05) is 13.8 Å². The number of hydrogen-bond donors (Lipinski definition) is 1. The minimum absolute atomic E-state index is 0.123. The Kier molecular flexibility index (Phi) is 6.05. The van der Waals surface area contributed by atoms with Crippen LogP contribution in [-0.2, 0) is 10.0 Å². The Bertz CT molecular complexity index is 425. The van der Waals surface area contributed by atoms with Crippen LogP contribution >= 0.6 is 0 Å². The second-order valence-corrected chi connectivity index (χ2v) is 8.88. The van der Waals surface area contributed by atoms with E-state index < -0.39 is 10.0 Å². The van der Waals surface area contributed by atoms with Crippen molar-refractivity contribution < 1.29 is 8.42 Å². The summed E-state index contributed by atoms with van der Waals surface area (Å²) in [6.45, 7) is 9.92. The summed E-state index contributed by atoms with van der Waals surface area (Å²) in [5.74, 6) is 0.295. The summed E-state index contributed by atoms with van der Waals surface area (Å²) >= 11 is 0. The zero-order valence-corrected chi connectivity index (χ0v) is 14.5. The number of nitrogens with one attached hydrogen (secondary N) is 1. The Balaban J connectivity index is 1.81. The Morgan fingerprint density at radius 1 is 1.24 bits per heavy atom. The predicted molar refractivity (Wildman–Crippen MR) is 86.9 cm³/mol. The second kappa shape index (κ2) is 7.40. The van der Waals surface area contributed by atoms with Gasteiger partial charge in [-0.25, -0.2) is 8.42 Å². The van der Waals surface area contributed by atoms with E-state index in [0.717, 1.165) is 38.9 Å². The normalized spacial score (nSPS) is 28.2. The maximum absolute atomic E-state index is 12.6. The quantitative estimate of drug-likeness (QED) is 0.718. The molecule has 0 aromatic rings. The predicted octanol–water partition coefficient (Wildman–Crippen LogP) is 1.26. The van der Waals surface area contributed by atoms with Crippen molar-refractivity contribution in [2.45, 2.75) is 64.6 Å². The van der Waals surface area contributed by atoms with Crippen LogP contribution in [0.25, 0.3) is 0 Å². The van der Waals surface area contributed by atoms with Crippen LogP contribution in [0, 0.1) is 0 Å². The van der Waals surface area contributed by atoms with Crippen molar-refractivity contribution in [3.05, 3.63) is 0 Å². The van der Waals surface area contributed by atoms with Gasteiger partial charge in [0.1, 0.15) is 0 Å². The lowest BCUT2D eigenvalue weighted by molar-refractivity contribution is 0.117. The van der Waals surface area contributed by atoms with E-state index in [2.05, 4.69) is 24.1 Å². The second-order valence-electron chi connectivity index (χ2n) is 6.84. The molecule has 2 saturated heterocycles. The smallest absolute Gasteiger partial charge is 0.214 e. The molecule has 0 spiro atoms. The van der Waals surface area contributed by atoms with Crippen LogP contribution in [0.5, 0.6) is 0 Å². The van der Waals surface area contributed by atoms with Crippen LogP contribution in [0.2, 0.25) is 0 Å². The number of rotatable bonds is 7. The molecule has 2 rings (SSSR count). The summed E-state index contributed by atoms with van der Waals surface area (Å²) in [6.07, 6.45) is 4.04. The van der Waals surface area contributed by atoms with Crippen LogP contribution in [-0.4, -0.2) is 67.7 Å². The molecule has 0 saturated carbocycles. The summed E-state index contributed by atoms with van der Waals surface area (Å²) in [5.41, 5.74) is 0. The molecule has 2 fully saturated rings. The molecule has 0 aromatic carbocycles. The standard InChI is InChI=1S/C15H31N3O2S/c1-13(2)16-8-4-5-10-21(19,20)18-12-15-7-6-9-17(15)11-14(18)3/h13-16H,4-12H2,1-3H3. The van der Waals surface area contributed by atoms with E-state index >= 15 is 0 Å². The molecular weight excluding hydrogens is 286 g/mol. The largest absolute Gasteiger partial charge is 0.315 e. The highest BCUT2D eigenvalue weighted by atomic mass is 32.2. The summed E-state index contributed by atoms with van der Waals surface area (Å²) in [4.78, 5) is 2.46. The first kappa shape index (κ1) is 17.2. The van der Waals surface area contributed by atoms with Crippen LogP contribution in [0.1, 0.15) is 46.5 Å². The van der Waals surface area contributed by atoms with E-state index in [-0.39, 0.29) is 6.04 Å². The third kappa shape index (κ3) is 4.65. The summed E-state index contributed by atoms with van der Waals surface area (Å²) in [5, 5.41) is 3.34. The van der Waals surface area contributed by atoms with Crippen LogP contribution in [0.3, 0.4) is 0 Å². The van der Waals surface area contributed by atoms with Crippen molar-refractivity contribution in [3.8, 4) is 0 Å². The first-order valence-electron chi connectivity index (χ1n) is 8.37. The van der Waals surface area contributed by atoms with Crippen LogP contribution in [0.4, 0.5) is 0 Å². The number of piperazine rings is 1. The van der Waals surface area contributed by atoms with Gasteiger partial charge in [0.05, 0.1) is 5.75 Å². The lowest BCUT2D eigenvalue weighted by atomic mass is 10.1. The molecule has 0 aromatic heterocycles. The molecule has 0 radical (unpaired) electrons. The zero-order valence-electron chi connectivity index (χ0n) is 13.7. The van der Waals surface area contributed by atoms with E-state index in [1.807, 2.05) is 6.92 Å². The van der Waals surface area contributed by atoms with Gasteiger partial charge in [-0.2, -0.15) is 4.31 Å². The summed E-state index contributed by atoms with van der Waals surface area (Å²) in [6, 6.07) is 1.05. The molecule has 1 N–H and O–H groups in total. The topological polar surface area (TPSA) is 52.7 Å². The van der Waals surface area contributed by atoms with Gasteiger partial charge in [-0.15, -0.1) is 0 Å². The van der Waals surface area contributed by atoms with Crippen molar-refractivity contribution in [1.29, 1.82) is 0 Å². The highest BCUT2D eigenvalue weighted by Gasteiger charge is 2.39. The first-order chi connectivity index (χ1) is 9.90. The van der Waals surface area contributed by atoms with Crippen molar-refractivity contribution in [1.82, 2.24) is 14.5 Å². The molecule has 124 valence electrons. The molecule has 2 atom stereocenters. The van der Waals surface area contributed by atoms with Crippen molar-refractivity contribution in [3.63, 3.8) is 0 Å². The van der Waals surface area contributed by atoms with Crippen molar-refractivity contribution in [2.75, 3.05) is 31.9 Å². The molecule has 0 amide bonds. The monoisotopic (exact) mass is 317 g/mol. The van der Waals surface area contributed by atoms with E-state index in [4.69, 9.17) is 0 Å². The molecule has 6 heteroatoms. The fraction of sp³-hybridized carbons (Fsp3) is 1.00. The number of fused-ring (bicyclic) bond motifs is 1. The van der Waals surface area contributed by atoms with Gasteiger partial charge >= 0.3 is 0 Å². The molecule has 2 aliphatic rings. The Labute approximate surface area is 130 Å². The van der Waals surface area contributed by atoms with E-state index in [9.17, 15) is 8.42 Å². The number of unbranched alkanes of at least 4 members (excludes halogenated alkanes) is 1. The average molecular weight is 317 g/mol. The van der Waals surface area contributed by atoms with Crippen molar-refractivity contribution in [2.24, 2.45) is 0 Å². The van der Waals surface area contributed by atoms with Gasteiger partial charge in [0.15, 0.2) is 0 Å². The van der Waals surface area contributed by atoms with E-state index in [1.165, 1.54) is 6.42 Å². The Morgan fingerprint density at radius 3 is 2.71 bits per heavy atom. The maximum atomic E-state index is 12.6. The fourth-order valence-corrected chi connectivity index (χ4v) is 5.28. The lowest BCUT2D eigenvalue weighted by Gasteiger charge is -2.41. The molecule has 2 heterocycles. The number of hydrogen-bond acceptors (Lipinski definition) is 4. The van der Waals surface area contributed by atoms with E-state index in [0.29, 0.717) is 24.4 Å². The molecule has 2 unspecified atom stereocenters. The van der Waals surface area contributed by atoms with Gasteiger partial charge in [0, 0.05) is 31.2 Å². The fourth-order valence-electron chi connectivity index (χ4n) is 3.47. The minimum atomic E-state index is -3.09. The minimum Gasteiger partial charge on any atom is -0.315 e. The van der Waals surface area contributed by atoms with Gasteiger partial charge in [-0.3, -0.25) is 4.90 Å².